The van der Waals surface area contributed by atoms with Crippen LogP contribution in [0.15, 0.2) is 24.3 Å². The number of ketones is 2. The lowest BCUT2D eigenvalue weighted by Crippen LogP contribution is -2.39. The lowest BCUT2D eigenvalue weighted by atomic mass is 9.60. The smallest absolute Gasteiger partial charge is 0.133 e. The summed E-state index contributed by atoms with van der Waals surface area (Å²) in [5.41, 5.74) is 2.90. The average molecular weight is 383 g/mol. The van der Waals surface area contributed by atoms with E-state index >= 15 is 0 Å². The molecule has 154 valence electrons. The van der Waals surface area contributed by atoms with Crippen LogP contribution in [0.2, 0.25) is 0 Å². The first-order valence-corrected chi connectivity index (χ1v) is 11.2. The van der Waals surface area contributed by atoms with Crippen molar-refractivity contribution in [2.45, 2.75) is 90.9 Å². The summed E-state index contributed by atoms with van der Waals surface area (Å²) >= 11 is 0. The monoisotopic (exact) mass is 382 g/mol. The lowest BCUT2D eigenvalue weighted by molar-refractivity contribution is -0.123. The number of carbonyl (C=O) groups is 2. The van der Waals surface area contributed by atoms with E-state index in [-0.39, 0.29) is 10.8 Å². The minimum Gasteiger partial charge on any atom is -0.300 e. The van der Waals surface area contributed by atoms with Gasteiger partial charge in [0.15, 0.2) is 0 Å². The first kappa shape index (κ1) is 21.3. The minimum absolute atomic E-state index is 0.0559. The first-order valence-electron chi connectivity index (χ1n) is 11.2. The van der Waals surface area contributed by atoms with Crippen molar-refractivity contribution in [3.05, 3.63) is 35.4 Å². The molecule has 0 heterocycles. The van der Waals surface area contributed by atoms with E-state index in [9.17, 15) is 9.59 Å². The van der Waals surface area contributed by atoms with E-state index in [2.05, 4.69) is 65.8 Å². The van der Waals surface area contributed by atoms with Crippen molar-refractivity contribution in [1.29, 1.82) is 0 Å². The number of Topliss-reactive ketones (excluding diaryl/α,β-unsaturated/α-hetero) is 2. The number of hydrogen-bond acceptors (Lipinski definition) is 2. The fraction of sp³-hybridized carbons (Fsp3) is 0.692. The van der Waals surface area contributed by atoms with E-state index in [1.165, 1.54) is 11.1 Å². The molecule has 4 atom stereocenters. The Bertz CT molecular complexity index is 683. The van der Waals surface area contributed by atoms with Gasteiger partial charge in [-0.3, -0.25) is 9.59 Å². The molecule has 2 aliphatic rings. The van der Waals surface area contributed by atoms with Crippen molar-refractivity contribution in [2.75, 3.05) is 0 Å². The highest BCUT2D eigenvalue weighted by Gasteiger charge is 2.41. The van der Waals surface area contributed by atoms with E-state index in [1.807, 2.05) is 0 Å². The van der Waals surface area contributed by atoms with E-state index in [1.54, 1.807) is 0 Å². The third-order valence-corrected chi connectivity index (χ3v) is 8.15. The molecule has 0 radical (unpaired) electrons. The molecule has 2 heteroatoms. The SMILES string of the molecule is CC1CC(=O)CCC1C(C)(C)c1cccc(C(C)(C)C2CCC(=O)CC2C)c1. The molecule has 2 saturated carbocycles. The Kier molecular flexibility index (Phi) is 5.90. The Morgan fingerprint density at radius 3 is 1.50 bits per heavy atom. The molecule has 28 heavy (non-hydrogen) atoms. The third-order valence-electron chi connectivity index (χ3n) is 8.15. The van der Waals surface area contributed by atoms with E-state index in [0.717, 1.165) is 38.5 Å². The zero-order valence-electron chi connectivity index (χ0n) is 18.7. The van der Waals surface area contributed by atoms with Gasteiger partial charge in [-0.1, -0.05) is 65.8 Å². The van der Waals surface area contributed by atoms with Crippen LogP contribution in [0.3, 0.4) is 0 Å². The Morgan fingerprint density at radius 2 is 1.14 bits per heavy atom. The molecule has 0 N–H and O–H groups in total. The van der Waals surface area contributed by atoms with E-state index < -0.39 is 0 Å². The number of benzene rings is 1. The van der Waals surface area contributed by atoms with Crippen molar-refractivity contribution < 1.29 is 9.59 Å². The molecule has 0 spiro atoms. The largest absolute Gasteiger partial charge is 0.300 e. The maximum atomic E-state index is 11.9. The van der Waals surface area contributed by atoms with Gasteiger partial charge in [0.1, 0.15) is 11.6 Å². The highest BCUT2D eigenvalue weighted by Crippen LogP contribution is 2.46. The number of carbonyl (C=O) groups excluding carboxylic acids is 2. The van der Waals surface area contributed by atoms with Crippen molar-refractivity contribution in [3.63, 3.8) is 0 Å². The molecule has 0 aliphatic heterocycles. The van der Waals surface area contributed by atoms with Crippen molar-refractivity contribution >= 4 is 11.6 Å². The first-order chi connectivity index (χ1) is 13.0. The Morgan fingerprint density at radius 1 is 0.750 bits per heavy atom. The van der Waals surface area contributed by atoms with Crippen LogP contribution in [-0.2, 0) is 20.4 Å². The molecular formula is C26H38O2. The highest BCUT2D eigenvalue weighted by atomic mass is 16.1. The Hall–Kier alpha value is -1.44. The van der Waals surface area contributed by atoms with Crippen LogP contribution < -0.4 is 0 Å². The molecule has 2 fully saturated rings. The van der Waals surface area contributed by atoms with Crippen LogP contribution in [0.25, 0.3) is 0 Å². The standard InChI is InChI=1S/C26H38O2/c1-17-14-21(27)10-12-23(17)25(3,4)19-8-7-9-20(16-19)26(5,6)24-13-11-22(28)15-18(24)2/h7-9,16-18,23-24H,10-15H2,1-6H3. The van der Waals surface area contributed by atoms with Gasteiger partial charge in [0, 0.05) is 25.7 Å². The molecule has 2 aliphatic carbocycles. The number of rotatable bonds is 4. The second kappa shape index (κ2) is 7.76. The molecule has 0 bridgehead atoms. The summed E-state index contributed by atoms with van der Waals surface area (Å²) in [5, 5.41) is 0. The molecule has 0 amide bonds. The van der Waals surface area contributed by atoms with Gasteiger partial charge in [-0.05, 0) is 58.5 Å². The van der Waals surface area contributed by atoms with Crippen LogP contribution in [-0.4, -0.2) is 11.6 Å². The summed E-state index contributed by atoms with van der Waals surface area (Å²) in [4.78, 5) is 23.7. The van der Waals surface area contributed by atoms with E-state index in [4.69, 9.17) is 0 Å². The average Bonchev–Trinajstić information content (AvgIpc) is 2.61. The quantitative estimate of drug-likeness (QED) is 0.616. The van der Waals surface area contributed by atoms with Crippen molar-refractivity contribution in [1.82, 2.24) is 0 Å². The van der Waals surface area contributed by atoms with Gasteiger partial charge in [0.2, 0.25) is 0 Å². The molecule has 4 unspecified atom stereocenters. The summed E-state index contributed by atoms with van der Waals surface area (Å²) < 4.78 is 0. The number of hydrogen-bond donors (Lipinski definition) is 0. The van der Waals surface area contributed by atoms with Crippen LogP contribution >= 0.6 is 0 Å². The van der Waals surface area contributed by atoms with Gasteiger partial charge in [-0.2, -0.15) is 0 Å². The van der Waals surface area contributed by atoms with Crippen LogP contribution in [0.4, 0.5) is 0 Å². The maximum absolute atomic E-state index is 11.9. The zero-order valence-corrected chi connectivity index (χ0v) is 18.7. The van der Waals surface area contributed by atoms with Gasteiger partial charge in [-0.25, -0.2) is 0 Å². The van der Waals surface area contributed by atoms with Crippen molar-refractivity contribution in [3.8, 4) is 0 Å². The molecular weight excluding hydrogens is 344 g/mol. The predicted octanol–water partition coefficient (Wildman–Crippen LogP) is 6.25. The van der Waals surface area contributed by atoms with Gasteiger partial charge < -0.3 is 0 Å². The Labute approximate surface area is 171 Å². The normalized spacial score (nSPS) is 29.8. The topological polar surface area (TPSA) is 34.1 Å². The zero-order chi connectivity index (χ0) is 20.7. The second-order valence-corrected chi connectivity index (χ2v) is 10.8. The summed E-state index contributed by atoms with van der Waals surface area (Å²) in [6.45, 7) is 13.9. The molecule has 0 aromatic heterocycles. The van der Waals surface area contributed by atoms with Gasteiger partial charge in [-0.15, -0.1) is 0 Å². The highest BCUT2D eigenvalue weighted by molar-refractivity contribution is 5.79. The molecule has 1 aromatic carbocycles. The van der Waals surface area contributed by atoms with Crippen LogP contribution in [0, 0.1) is 23.7 Å². The van der Waals surface area contributed by atoms with Gasteiger partial charge >= 0.3 is 0 Å². The van der Waals surface area contributed by atoms with E-state index in [0.29, 0.717) is 35.2 Å². The van der Waals surface area contributed by atoms with Crippen molar-refractivity contribution in [2.24, 2.45) is 23.7 Å². The van der Waals surface area contributed by atoms with Crippen LogP contribution in [0.5, 0.6) is 0 Å². The molecule has 0 saturated heterocycles. The maximum Gasteiger partial charge on any atom is 0.133 e. The molecule has 2 nitrogen and oxygen atoms in total. The lowest BCUT2D eigenvalue weighted by Gasteiger charge is -2.43. The minimum atomic E-state index is 0.0559. The molecule has 1 aromatic rings. The Balaban J connectivity index is 1.89. The molecule has 3 rings (SSSR count). The fourth-order valence-corrected chi connectivity index (χ4v) is 6.30. The fourth-order valence-electron chi connectivity index (χ4n) is 6.30. The third kappa shape index (κ3) is 3.98. The van der Waals surface area contributed by atoms with Crippen LogP contribution in [0.1, 0.15) is 91.2 Å². The summed E-state index contributed by atoms with van der Waals surface area (Å²) in [6.07, 6.45) is 4.93. The summed E-state index contributed by atoms with van der Waals surface area (Å²) in [6, 6.07) is 9.19. The second-order valence-electron chi connectivity index (χ2n) is 10.8. The summed E-state index contributed by atoms with van der Waals surface area (Å²) in [5.74, 6) is 2.81. The van der Waals surface area contributed by atoms with Gasteiger partial charge in [0.05, 0.1) is 0 Å². The summed E-state index contributed by atoms with van der Waals surface area (Å²) in [7, 11) is 0. The predicted molar refractivity (Wildman–Crippen MR) is 116 cm³/mol. The van der Waals surface area contributed by atoms with Gasteiger partial charge in [0.25, 0.3) is 0 Å².